The van der Waals surface area contributed by atoms with Crippen LogP contribution in [0.25, 0.3) is 6.08 Å². The van der Waals surface area contributed by atoms with E-state index in [0.29, 0.717) is 54.5 Å². The zero-order chi connectivity index (χ0) is 36.5. The molecule has 0 bridgehead atoms. The molecule has 6 rings (SSSR count). The normalized spacial score (nSPS) is 13.4. The van der Waals surface area contributed by atoms with Gasteiger partial charge in [-0.25, -0.2) is 9.37 Å². The Morgan fingerprint density at radius 1 is 0.827 bits per heavy atom. The lowest BCUT2D eigenvalue weighted by molar-refractivity contribution is -0.127. The van der Waals surface area contributed by atoms with Crippen molar-refractivity contribution in [3.05, 3.63) is 153 Å². The van der Waals surface area contributed by atoms with Crippen LogP contribution in [0.15, 0.2) is 103 Å². The third-order valence-corrected chi connectivity index (χ3v) is 9.34. The zero-order valence-electron chi connectivity index (χ0n) is 29.8. The summed E-state index contributed by atoms with van der Waals surface area (Å²) in [5.41, 5.74) is 7.64. The third kappa shape index (κ3) is 10.2. The minimum Gasteiger partial charge on any atom is -0.493 e. The summed E-state index contributed by atoms with van der Waals surface area (Å²) in [6.07, 6.45) is 5.82. The van der Waals surface area contributed by atoms with Crippen molar-refractivity contribution in [2.75, 3.05) is 32.8 Å². The number of hydrogen-bond donors (Lipinski definition) is 0. The lowest BCUT2D eigenvalue weighted by Crippen LogP contribution is -2.47. The highest BCUT2D eigenvalue weighted by atomic mass is 35.5. The van der Waals surface area contributed by atoms with E-state index in [1.807, 2.05) is 36.1 Å². The summed E-state index contributed by atoms with van der Waals surface area (Å²) in [5, 5.41) is 0.434. The van der Waals surface area contributed by atoms with Gasteiger partial charge in [0, 0.05) is 51.3 Å². The van der Waals surface area contributed by atoms with E-state index < -0.39 is 0 Å². The number of amides is 1. The van der Waals surface area contributed by atoms with Gasteiger partial charge in [0.15, 0.2) is 5.75 Å². The molecule has 1 aliphatic rings. The average molecular weight is 720 g/mol. The summed E-state index contributed by atoms with van der Waals surface area (Å²) >= 11 is 6.63. The minimum absolute atomic E-state index is 0.0225. The molecule has 0 spiro atoms. The van der Waals surface area contributed by atoms with Crippen molar-refractivity contribution in [3.63, 3.8) is 0 Å². The number of benzene rings is 4. The first-order valence-electron chi connectivity index (χ1n) is 17.5. The van der Waals surface area contributed by atoms with Gasteiger partial charge in [-0.2, -0.15) is 0 Å². The molecule has 52 heavy (non-hydrogen) atoms. The summed E-state index contributed by atoms with van der Waals surface area (Å²) in [5.74, 6) is 1.94. The maximum Gasteiger partial charge on any atom is 0.246 e. The highest BCUT2D eigenvalue weighted by molar-refractivity contribution is 6.32. The molecule has 0 atom stereocenters. The summed E-state index contributed by atoms with van der Waals surface area (Å²) < 4.78 is 30.8. The molecule has 1 saturated heterocycles. The van der Waals surface area contributed by atoms with Crippen molar-refractivity contribution in [2.24, 2.45) is 0 Å². The number of carbonyl (C=O) groups excluding carboxylic acids is 1. The molecule has 0 aliphatic carbocycles. The number of pyridine rings is 1. The topological polar surface area (TPSA) is 64.1 Å². The Morgan fingerprint density at radius 3 is 2.25 bits per heavy atom. The monoisotopic (exact) mass is 719 g/mol. The van der Waals surface area contributed by atoms with Gasteiger partial charge in [-0.15, -0.1) is 0 Å². The molecule has 0 N–H and O–H groups in total. The Kier molecular flexibility index (Phi) is 12.2. The van der Waals surface area contributed by atoms with Crippen LogP contribution in [-0.4, -0.2) is 53.5 Å². The molecule has 4 aromatic carbocycles. The van der Waals surface area contributed by atoms with Gasteiger partial charge < -0.3 is 19.1 Å². The van der Waals surface area contributed by atoms with Gasteiger partial charge in [0.25, 0.3) is 0 Å². The first kappa shape index (κ1) is 36.6. The van der Waals surface area contributed by atoms with Gasteiger partial charge in [-0.1, -0.05) is 59.6 Å². The second-order valence-electron chi connectivity index (χ2n) is 13.1. The van der Waals surface area contributed by atoms with E-state index >= 15 is 0 Å². The Balaban J connectivity index is 0.944. The predicted octanol–water partition coefficient (Wildman–Crippen LogP) is 9.15. The molecule has 0 radical (unpaired) electrons. The summed E-state index contributed by atoms with van der Waals surface area (Å²) in [6.45, 7) is 10.8. The lowest BCUT2D eigenvalue weighted by atomic mass is 10.0. The summed E-state index contributed by atoms with van der Waals surface area (Å²) in [4.78, 5) is 21.7. The van der Waals surface area contributed by atoms with E-state index in [0.717, 1.165) is 42.7 Å². The fourth-order valence-corrected chi connectivity index (χ4v) is 6.37. The predicted molar refractivity (Wildman–Crippen MR) is 204 cm³/mol. The Bertz CT molecular complexity index is 1970. The van der Waals surface area contributed by atoms with E-state index in [4.69, 9.17) is 25.8 Å². The van der Waals surface area contributed by atoms with Gasteiger partial charge >= 0.3 is 0 Å². The van der Waals surface area contributed by atoms with E-state index in [1.54, 1.807) is 42.6 Å². The van der Waals surface area contributed by atoms with Crippen LogP contribution in [0.1, 0.15) is 38.9 Å². The third-order valence-electron chi connectivity index (χ3n) is 9.06. The molecule has 1 fully saturated rings. The molecule has 1 amide bonds. The molecular weight excluding hydrogens is 677 g/mol. The van der Waals surface area contributed by atoms with Gasteiger partial charge in [0.05, 0.1) is 17.8 Å². The standard InChI is InChI=1S/C43H43ClFN3O4/c1-30-4-6-33(7-5-30)29-51-39-15-16-41(46-27-39)52-43-32(3)25-34(26-40(43)44)9-17-42(49)48-21-19-47(20-22-48)28-35-8-10-36(31(2)24-35)18-23-50-38-13-11-37(45)12-14-38/h4-17,24-27H,18-23,28-29H2,1-3H3/b17-9+. The van der Waals surface area contributed by atoms with E-state index in [2.05, 4.69) is 54.1 Å². The van der Waals surface area contributed by atoms with Crippen molar-refractivity contribution in [2.45, 2.75) is 40.3 Å². The number of rotatable bonds is 13. The van der Waals surface area contributed by atoms with Crippen molar-refractivity contribution in [3.8, 4) is 23.1 Å². The van der Waals surface area contributed by atoms with Crippen molar-refractivity contribution in [1.82, 2.24) is 14.8 Å². The van der Waals surface area contributed by atoms with Crippen LogP contribution >= 0.6 is 11.6 Å². The zero-order valence-corrected chi connectivity index (χ0v) is 30.5. The molecule has 2 heterocycles. The number of carbonyl (C=O) groups is 1. The van der Waals surface area contributed by atoms with E-state index in [-0.39, 0.29) is 11.7 Å². The SMILES string of the molecule is Cc1ccc(COc2ccc(Oc3c(C)cc(/C=C/C(=O)N4CCN(Cc5ccc(CCOc6ccc(F)cc6)c(C)c5)CC4)cc3Cl)nc2)cc1. The lowest BCUT2D eigenvalue weighted by Gasteiger charge is -2.34. The van der Waals surface area contributed by atoms with Crippen LogP contribution in [0.3, 0.4) is 0 Å². The molecule has 0 unspecified atom stereocenters. The molecule has 0 saturated carbocycles. The number of aryl methyl sites for hydroxylation is 3. The molecule has 9 heteroatoms. The summed E-state index contributed by atoms with van der Waals surface area (Å²) in [7, 11) is 0. The van der Waals surface area contributed by atoms with Crippen molar-refractivity contribution in [1.29, 1.82) is 0 Å². The first-order valence-corrected chi connectivity index (χ1v) is 17.8. The molecule has 5 aromatic rings. The minimum atomic E-state index is -0.271. The summed E-state index contributed by atoms with van der Waals surface area (Å²) in [6, 6.07) is 28.2. The number of halogens is 2. The Labute approximate surface area is 310 Å². The maximum absolute atomic E-state index is 13.1. The molecule has 1 aromatic heterocycles. The van der Waals surface area contributed by atoms with E-state index in [1.165, 1.54) is 34.4 Å². The molecular formula is C43H43ClFN3O4. The first-order chi connectivity index (χ1) is 25.2. The molecule has 268 valence electrons. The van der Waals surface area contributed by atoms with Crippen molar-refractivity contribution < 1.29 is 23.4 Å². The smallest absolute Gasteiger partial charge is 0.246 e. The molecule has 1 aliphatic heterocycles. The number of nitrogens with zero attached hydrogens (tertiary/aromatic N) is 3. The van der Waals surface area contributed by atoms with Crippen LogP contribution in [0.2, 0.25) is 5.02 Å². The highest BCUT2D eigenvalue weighted by Crippen LogP contribution is 2.34. The number of hydrogen-bond acceptors (Lipinski definition) is 6. The van der Waals surface area contributed by atoms with Crippen LogP contribution < -0.4 is 14.2 Å². The van der Waals surface area contributed by atoms with E-state index in [9.17, 15) is 9.18 Å². The second kappa shape index (κ2) is 17.4. The maximum atomic E-state index is 13.1. The van der Waals surface area contributed by atoms with Crippen LogP contribution in [0.5, 0.6) is 23.1 Å². The highest BCUT2D eigenvalue weighted by Gasteiger charge is 2.20. The van der Waals surface area contributed by atoms with Gasteiger partial charge in [0.2, 0.25) is 11.8 Å². The van der Waals surface area contributed by atoms with Crippen LogP contribution in [-0.2, 0) is 24.4 Å². The van der Waals surface area contributed by atoms with Crippen LogP contribution in [0, 0.1) is 26.6 Å². The fraction of sp³-hybridized carbons (Fsp3) is 0.256. The number of piperazine rings is 1. The van der Waals surface area contributed by atoms with Gasteiger partial charge in [-0.05, 0) is 103 Å². The Hall–Kier alpha value is -5.18. The fourth-order valence-electron chi connectivity index (χ4n) is 6.05. The number of ether oxygens (including phenoxy) is 3. The average Bonchev–Trinajstić information content (AvgIpc) is 3.14. The van der Waals surface area contributed by atoms with Gasteiger partial charge in [-0.3, -0.25) is 9.69 Å². The second-order valence-corrected chi connectivity index (χ2v) is 13.5. The quantitative estimate of drug-likeness (QED) is 0.113. The van der Waals surface area contributed by atoms with Crippen molar-refractivity contribution >= 4 is 23.6 Å². The number of aromatic nitrogens is 1. The van der Waals surface area contributed by atoms with Gasteiger partial charge in [0.1, 0.15) is 23.9 Å². The molecule has 7 nitrogen and oxygen atoms in total. The van der Waals surface area contributed by atoms with Crippen LogP contribution in [0.4, 0.5) is 4.39 Å². The largest absolute Gasteiger partial charge is 0.493 e. The Morgan fingerprint density at radius 2 is 1.56 bits per heavy atom.